The molecule has 3 heteroatoms. The molecule has 0 unspecified atom stereocenters. The lowest BCUT2D eigenvalue weighted by Crippen LogP contribution is -2.47. The Kier molecular flexibility index (Phi) is 4.59. The van der Waals surface area contributed by atoms with Crippen LogP contribution in [-0.4, -0.2) is 11.4 Å². The second kappa shape index (κ2) is 6.20. The number of nitrogens with two attached hydrogens (primary N) is 1. The fraction of sp³-hybridized carbons (Fsp3) is 0.562. The SMILES string of the molecule is CC1(NC(=O)Cc2ccccc2CN)CCCCC1. The van der Waals surface area contributed by atoms with Gasteiger partial charge in [0, 0.05) is 12.1 Å². The minimum Gasteiger partial charge on any atom is -0.351 e. The number of nitrogens with one attached hydrogen (secondary N) is 1. The molecule has 0 radical (unpaired) electrons. The molecule has 1 aliphatic carbocycles. The number of rotatable bonds is 4. The van der Waals surface area contributed by atoms with Crippen molar-refractivity contribution >= 4 is 5.91 Å². The molecule has 3 N–H and O–H groups in total. The third kappa shape index (κ3) is 3.80. The quantitative estimate of drug-likeness (QED) is 0.874. The van der Waals surface area contributed by atoms with Crippen LogP contribution in [0.25, 0.3) is 0 Å². The second-order valence-corrected chi connectivity index (χ2v) is 5.82. The van der Waals surface area contributed by atoms with E-state index in [2.05, 4.69) is 12.2 Å². The Morgan fingerprint density at radius 3 is 2.47 bits per heavy atom. The molecule has 0 aromatic heterocycles. The van der Waals surface area contributed by atoms with E-state index in [0.29, 0.717) is 13.0 Å². The largest absolute Gasteiger partial charge is 0.351 e. The fourth-order valence-corrected chi connectivity index (χ4v) is 2.94. The third-order valence-electron chi connectivity index (χ3n) is 4.09. The van der Waals surface area contributed by atoms with Crippen molar-refractivity contribution in [3.63, 3.8) is 0 Å². The average molecular weight is 260 g/mol. The summed E-state index contributed by atoms with van der Waals surface area (Å²) in [7, 11) is 0. The molecule has 3 nitrogen and oxygen atoms in total. The molecule has 1 amide bonds. The molecule has 1 saturated carbocycles. The van der Waals surface area contributed by atoms with E-state index in [4.69, 9.17) is 5.73 Å². The first-order valence-electron chi connectivity index (χ1n) is 7.21. The van der Waals surface area contributed by atoms with E-state index in [0.717, 1.165) is 24.0 Å². The molecule has 0 saturated heterocycles. The molecule has 1 aromatic carbocycles. The number of amides is 1. The lowest BCUT2D eigenvalue weighted by molar-refractivity contribution is -0.122. The van der Waals surface area contributed by atoms with E-state index >= 15 is 0 Å². The van der Waals surface area contributed by atoms with E-state index < -0.39 is 0 Å². The summed E-state index contributed by atoms with van der Waals surface area (Å²) in [6.45, 7) is 2.65. The van der Waals surface area contributed by atoms with Gasteiger partial charge in [-0.15, -0.1) is 0 Å². The van der Waals surface area contributed by atoms with Gasteiger partial charge < -0.3 is 11.1 Å². The highest BCUT2D eigenvalue weighted by atomic mass is 16.1. The third-order valence-corrected chi connectivity index (χ3v) is 4.09. The molecule has 104 valence electrons. The van der Waals surface area contributed by atoms with Crippen molar-refractivity contribution in [2.75, 3.05) is 0 Å². The van der Waals surface area contributed by atoms with Crippen molar-refractivity contribution in [2.45, 2.75) is 57.5 Å². The molecule has 19 heavy (non-hydrogen) atoms. The van der Waals surface area contributed by atoms with Crippen molar-refractivity contribution in [2.24, 2.45) is 5.73 Å². The maximum atomic E-state index is 12.2. The monoisotopic (exact) mass is 260 g/mol. The Morgan fingerprint density at radius 1 is 1.21 bits per heavy atom. The zero-order valence-corrected chi connectivity index (χ0v) is 11.7. The van der Waals surface area contributed by atoms with E-state index in [9.17, 15) is 4.79 Å². The Balaban J connectivity index is 1.97. The molecule has 1 fully saturated rings. The van der Waals surface area contributed by atoms with Gasteiger partial charge in [-0.05, 0) is 30.9 Å². The first kappa shape index (κ1) is 14.1. The molecular weight excluding hydrogens is 236 g/mol. The van der Waals surface area contributed by atoms with Crippen LogP contribution in [0.3, 0.4) is 0 Å². The number of hydrogen-bond donors (Lipinski definition) is 2. The molecule has 1 aliphatic rings. The zero-order chi connectivity index (χ0) is 13.7. The van der Waals surface area contributed by atoms with Crippen molar-refractivity contribution in [1.29, 1.82) is 0 Å². The van der Waals surface area contributed by atoms with Gasteiger partial charge in [-0.1, -0.05) is 43.5 Å². The molecular formula is C16H24N2O. The first-order valence-corrected chi connectivity index (χ1v) is 7.21. The van der Waals surface area contributed by atoms with Crippen LogP contribution in [-0.2, 0) is 17.8 Å². The summed E-state index contributed by atoms with van der Waals surface area (Å²) < 4.78 is 0. The lowest BCUT2D eigenvalue weighted by atomic mass is 9.83. The van der Waals surface area contributed by atoms with Gasteiger partial charge in [0.05, 0.1) is 6.42 Å². The van der Waals surface area contributed by atoms with Crippen molar-refractivity contribution in [3.8, 4) is 0 Å². The molecule has 2 rings (SSSR count). The molecule has 0 spiro atoms. The molecule has 1 aromatic rings. The van der Waals surface area contributed by atoms with E-state index in [1.807, 2.05) is 24.3 Å². The average Bonchev–Trinajstić information content (AvgIpc) is 2.39. The summed E-state index contributed by atoms with van der Waals surface area (Å²) >= 11 is 0. The van der Waals surface area contributed by atoms with Crippen LogP contribution in [0.1, 0.15) is 50.2 Å². The Morgan fingerprint density at radius 2 is 1.84 bits per heavy atom. The summed E-state index contributed by atoms with van der Waals surface area (Å²) in [5.74, 6) is 0.116. The van der Waals surface area contributed by atoms with Crippen LogP contribution in [0, 0.1) is 0 Å². The van der Waals surface area contributed by atoms with Crippen LogP contribution in [0.5, 0.6) is 0 Å². The highest BCUT2D eigenvalue weighted by molar-refractivity contribution is 5.79. The number of hydrogen-bond acceptors (Lipinski definition) is 2. The maximum absolute atomic E-state index is 12.2. The van der Waals surface area contributed by atoms with Crippen LogP contribution in [0.4, 0.5) is 0 Å². The van der Waals surface area contributed by atoms with Gasteiger partial charge in [-0.25, -0.2) is 0 Å². The molecule has 0 aliphatic heterocycles. The normalized spacial score (nSPS) is 18.0. The second-order valence-electron chi connectivity index (χ2n) is 5.82. The smallest absolute Gasteiger partial charge is 0.224 e. The van der Waals surface area contributed by atoms with Gasteiger partial charge in [0.2, 0.25) is 5.91 Å². The number of carbonyl (C=O) groups excluding carboxylic acids is 1. The van der Waals surface area contributed by atoms with Gasteiger partial charge in [0.1, 0.15) is 0 Å². The van der Waals surface area contributed by atoms with Crippen LogP contribution < -0.4 is 11.1 Å². The number of benzene rings is 1. The van der Waals surface area contributed by atoms with Gasteiger partial charge in [-0.2, -0.15) is 0 Å². The van der Waals surface area contributed by atoms with Crippen LogP contribution in [0.2, 0.25) is 0 Å². The Bertz CT molecular complexity index is 436. The van der Waals surface area contributed by atoms with Crippen LogP contribution >= 0.6 is 0 Å². The molecule has 0 bridgehead atoms. The highest BCUT2D eigenvalue weighted by Gasteiger charge is 2.28. The molecule has 0 atom stereocenters. The topological polar surface area (TPSA) is 55.1 Å². The summed E-state index contributed by atoms with van der Waals surface area (Å²) in [5, 5.41) is 3.22. The number of carbonyl (C=O) groups is 1. The predicted octanol–water partition coefficient (Wildman–Crippen LogP) is 2.53. The minimum absolute atomic E-state index is 0.00695. The predicted molar refractivity (Wildman–Crippen MR) is 77.7 cm³/mol. The zero-order valence-electron chi connectivity index (χ0n) is 11.7. The summed E-state index contributed by atoms with van der Waals surface area (Å²) in [6, 6.07) is 7.91. The maximum Gasteiger partial charge on any atom is 0.224 e. The Hall–Kier alpha value is -1.35. The van der Waals surface area contributed by atoms with Gasteiger partial charge in [0.25, 0.3) is 0 Å². The van der Waals surface area contributed by atoms with Crippen molar-refractivity contribution in [1.82, 2.24) is 5.32 Å². The summed E-state index contributed by atoms with van der Waals surface area (Å²) in [4.78, 5) is 12.2. The fourth-order valence-electron chi connectivity index (χ4n) is 2.94. The highest BCUT2D eigenvalue weighted by Crippen LogP contribution is 2.27. The van der Waals surface area contributed by atoms with Gasteiger partial charge in [0.15, 0.2) is 0 Å². The molecule has 0 heterocycles. The van der Waals surface area contributed by atoms with Gasteiger partial charge in [-0.3, -0.25) is 4.79 Å². The lowest BCUT2D eigenvalue weighted by Gasteiger charge is -2.34. The van der Waals surface area contributed by atoms with Crippen molar-refractivity contribution in [3.05, 3.63) is 35.4 Å². The first-order chi connectivity index (χ1) is 9.13. The van der Waals surface area contributed by atoms with E-state index in [1.165, 1.54) is 19.3 Å². The minimum atomic E-state index is -0.00695. The van der Waals surface area contributed by atoms with E-state index in [1.54, 1.807) is 0 Å². The van der Waals surface area contributed by atoms with Gasteiger partial charge >= 0.3 is 0 Å². The summed E-state index contributed by atoms with van der Waals surface area (Å²) in [5.41, 5.74) is 7.80. The van der Waals surface area contributed by atoms with Crippen molar-refractivity contribution < 1.29 is 4.79 Å². The van der Waals surface area contributed by atoms with Crippen LogP contribution in [0.15, 0.2) is 24.3 Å². The van der Waals surface area contributed by atoms with E-state index in [-0.39, 0.29) is 11.4 Å². The standard InChI is InChI=1S/C16H24N2O/c1-16(9-5-2-6-10-16)18-15(19)11-13-7-3-4-8-14(13)12-17/h3-4,7-8H,2,5-6,9-12,17H2,1H3,(H,18,19). The Labute approximate surface area is 115 Å². The summed E-state index contributed by atoms with van der Waals surface area (Å²) in [6.07, 6.45) is 6.35.